The Bertz CT molecular complexity index is 5040. The Morgan fingerprint density at radius 2 is 0.940 bits per heavy atom. The lowest BCUT2D eigenvalue weighted by atomic mass is 9.88. The third-order valence-electron chi connectivity index (χ3n) is 25.3. The van der Waals surface area contributed by atoms with Crippen molar-refractivity contribution in [3.63, 3.8) is 0 Å². The number of nitrogens with two attached hydrogens (primary N) is 2. The van der Waals surface area contributed by atoms with Crippen LogP contribution in [0, 0.1) is 41.4 Å². The van der Waals surface area contributed by atoms with E-state index >= 15 is 33.6 Å². The van der Waals surface area contributed by atoms with E-state index in [4.69, 9.17) is 11.5 Å². The van der Waals surface area contributed by atoms with E-state index in [9.17, 15) is 92.0 Å². The van der Waals surface area contributed by atoms with Gasteiger partial charge in [-0.1, -0.05) is 175 Å². The Morgan fingerprint density at radius 3 is 1.46 bits per heavy atom. The Kier molecular flexibility index (Phi) is 53.8. The number of aromatic hydroxyl groups is 1. The molecular weight excluding hydrogens is 2000 g/mol. The van der Waals surface area contributed by atoms with Gasteiger partial charge in [-0.25, -0.2) is 4.79 Å². The highest BCUT2D eigenvalue weighted by Gasteiger charge is 2.50. The summed E-state index contributed by atoms with van der Waals surface area (Å²) in [6.45, 7) is 30.1. The SMILES string of the molecule is C/C=C(\NC(=O)/C(=C/C)NC(=O)C(NC(=O)CNC(=O)C(C)NC(=O)C(CC(=O)O)NC(=O)C(C)NC(=O)C(C)N)C(C)CC)C(=O)NC(C(=O)NC(C(=O)N/C(=C\C)C(=O)NC(C(=O)NC1CSSCC(C(=O)O)NC(=O)C2CSCC3(CC(NC1=O)C(=O)NC(C(C)C)C(=O)NC(CC(C)C)C(=O)N3)C(=O)NC(C(C)C)C(=O)NC(Cc1ccc(O)cc1)C(=O)NC(CCCCN)C(=O)N2)C(C)CC)C(C)CC)C(C)CC. The number of carboxylic acids is 2. The molecule has 28 N–H and O–H groups in total. The Labute approximate surface area is 879 Å². The zero-order valence-corrected chi connectivity index (χ0v) is 90.5. The normalized spacial score (nSPS) is 22.7. The molecule has 49 nitrogen and oxygen atoms in total. The molecule has 149 heavy (non-hydrogen) atoms. The number of aliphatic carboxylic acids is 2. The third kappa shape index (κ3) is 40.5. The minimum atomic E-state index is -2.61. The van der Waals surface area contributed by atoms with Crippen LogP contribution >= 0.6 is 33.3 Å². The van der Waals surface area contributed by atoms with Crippen molar-refractivity contribution in [3.05, 3.63) is 65.1 Å². The van der Waals surface area contributed by atoms with Crippen molar-refractivity contribution in [2.45, 2.75) is 317 Å². The van der Waals surface area contributed by atoms with Gasteiger partial charge >= 0.3 is 11.9 Å². The second-order valence-corrected chi connectivity index (χ2v) is 42.1. The van der Waals surface area contributed by atoms with Crippen molar-refractivity contribution in [1.82, 2.24) is 112 Å². The van der Waals surface area contributed by atoms with Gasteiger partial charge in [0.05, 0.1) is 19.0 Å². The lowest BCUT2D eigenvalue weighted by Gasteiger charge is -2.39. The Hall–Kier alpha value is -13.0. The van der Waals surface area contributed by atoms with Crippen LogP contribution in [-0.2, 0) is 117 Å². The summed E-state index contributed by atoms with van der Waals surface area (Å²) >= 11 is 0.707. The molecule has 3 aliphatic rings. The molecule has 22 atom stereocenters. The zero-order chi connectivity index (χ0) is 112. The van der Waals surface area contributed by atoms with Crippen LogP contribution in [0.5, 0.6) is 5.75 Å². The van der Waals surface area contributed by atoms with Crippen molar-refractivity contribution in [2.75, 3.05) is 36.1 Å². The molecule has 0 saturated carbocycles. The molecule has 3 aliphatic heterocycles. The van der Waals surface area contributed by atoms with E-state index in [-0.39, 0.29) is 69.6 Å². The molecule has 0 aliphatic carbocycles. The molecule has 0 radical (unpaired) electrons. The number of phenols is 1. The van der Waals surface area contributed by atoms with E-state index in [0.717, 1.165) is 21.6 Å². The number of nitrogens with one attached hydrogen (secondary N) is 21. The summed E-state index contributed by atoms with van der Waals surface area (Å²) in [5.74, 6) is -31.8. The molecule has 4 rings (SSSR count). The van der Waals surface area contributed by atoms with E-state index in [0.29, 0.717) is 23.7 Å². The number of unbranched alkanes of at least 4 members (excludes halogenated alkanes) is 1. The van der Waals surface area contributed by atoms with Crippen molar-refractivity contribution in [1.29, 1.82) is 0 Å². The largest absolute Gasteiger partial charge is 0.508 e. The molecule has 1 aromatic rings. The molecule has 22 unspecified atom stereocenters. The molecule has 0 aromatic heterocycles. The third-order valence-corrected chi connectivity index (χ3v) is 29.0. The average molecular weight is 2150 g/mol. The lowest BCUT2D eigenvalue weighted by molar-refractivity contribution is -0.142. The van der Waals surface area contributed by atoms with Crippen molar-refractivity contribution in [2.24, 2.45) is 52.9 Å². The number of hydrogen-bond acceptors (Lipinski definition) is 29. The van der Waals surface area contributed by atoms with Crippen LogP contribution in [0.3, 0.4) is 0 Å². The second-order valence-electron chi connectivity index (χ2n) is 38.5. The van der Waals surface area contributed by atoms with Crippen LogP contribution in [0.2, 0.25) is 0 Å². The van der Waals surface area contributed by atoms with Gasteiger partial charge < -0.3 is 138 Å². The summed E-state index contributed by atoms with van der Waals surface area (Å²) in [4.78, 5) is 330. The summed E-state index contributed by atoms with van der Waals surface area (Å²) in [6, 6.07) is -21.0. The molecule has 1 spiro atoms. The highest BCUT2D eigenvalue weighted by Crippen LogP contribution is 2.29. The standard InChI is InChI=1S/C97H153N23O26S3/c1-21-48(14)72(114-68(122)40-100-77(126)53(19)102-83(132)63(38-69(123)124)107-78(127)54(20)101-76(125)52(18)99)91(140)104-57(25-5)79(128)103-58(26-6)80(129)117-75(51(17)24-4)94(143)118-74(50(16)23-3)92(141)105-59(27-7)81(130)116-73(49(15)22-2)93(142)112-66-42-148-149-43-67(95(144)145)113-86(135)65-41-147-44-97(39-64(110-87(66)136)85(134)115-70(46(10)11)89(138)108-61(36-45(8)9)88(137)120-97)96(146)119-71(47(12)13)90(139)109-62(37-55-31-33-56(121)34-32-55)84(133)106-60(82(131)111-65)30-28-29-35-98/h25-27,31-34,45-54,60-67,70-75,121H,21-24,28-30,35-44,98-99H2,1-20H3,(H,100,126)(H,101,125)(H,102,132)(H,103,128)(H,104,140)(H,105,141)(H,106,133)(H,107,127)(H,108,138)(H,109,139)(H,110,136)(H,111,131)(H,112,142)(H,113,135)(H,114,122)(H,115,134)(H,116,130)(H,117,129)(H,118,143)(H,119,146)(H,120,137)(H,123,124)(H,144,145)/b57-25-,58-26-,59-27-. The number of carboxylic acid groups (broad SMARTS) is 2. The van der Waals surface area contributed by atoms with Crippen molar-refractivity contribution >= 4 is 169 Å². The highest BCUT2D eigenvalue weighted by molar-refractivity contribution is 8.76. The zero-order valence-electron chi connectivity index (χ0n) is 88.0. The first-order chi connectivity index (χ1) is 70.0. The minimum absolute atomic E-state index is 0.0957. The lowest BCUT2D eigenvalue weighted by Crippen LogP contribution is -2.69. The van der Waals surface area contributed by atoms with Gasteiger partial charge in [0.2, 0.25) is 106 Å². The highest BCUT2D eigenvalue weighted by atomic mass is 33.1. The Balaban J connectivity index is 1.73. The summed E-state index contributed by atoms with van der Waals surface area (Å²) in [7, 11) is 1.55. The topological polar surface area (TPSA) is 758 Å². The second kappa shape index (κ2) is 62.5. The fraction of sp³-hybridized carbons (Fsp3) is 0.639. The van der Waals surface area contributed by atoms with Crippen molar-refractivity contribution < 1.29 is 126 Å². The van der Waals surface area contributed by atoms with Crippen LogP contribution in [0.1, 0.15) is 208 Å². The molecular formula is C97H153N23O26S3. The first-order valence-corrected chi connectivity index (χ1v) is 53.5. The number of carbonyl (C=O) groups excluding carboxylic acids is 21. The molecule has 3 fully saturated rings. The number of allylic oxidation sites excluding steroid dienone is 3. The quantitative estimate of drug-likeness (QED) is 0.0175. The fourth-order valence-corrected chi connectivity index (χ4v) is 18.9. The minimum Gasteiger partial charge on any atom is -0.508 e. The van der Waals surface area contributed by atoms with Gasteiger partial charge in [-0.2, -0.15) is 11.8 Å². The number of benzene rings is 1. The van der Waals surface area contributed by atoms with Gasteiger partial charge in [-0.3, -0.25) is 105 Å². The van der Waals surface area contributed by atoms with Crippen LogP contribution in [0.25, 0.3) is 0 Å². The summed E-state index contributed by atoms with van der Waals surface area (Å²) in [5.41, 5.74) is 7.87. The summed E-state index contributed by atoms with van der Waals surface area (Å²) in [6.07, 6.45) is 2.54. The average Bonchev–Trinajstić information content (AvgIpc) is 1.77. The monoisotopic (exact) mass is 2150 g/mol. The molecule has 3 bridgehead atoms. The first kappa shape index (κ1) is 128. The van der Waals surface area contributed by atoms with Crippen LogP contribution < -0.4 is 123 Å². The first-order valence-electron chi connectivity index (χ1n) is 49.9. The van der Waals surface area contributed by atoms with Gasteiger partial charge in [0.25, 0.3) is 17.7 Å². The molecule has 1 aromatic carbocycles. The van der Waals surface area contributed by atoms with E-state index in [1.807, 2.05) is 0 Å². The molecule has 3 heterocycles. The summed E-state index contributed by atoms with van der Waals surface area (Å²) < 4.78 is 0. The maximum Gasteiger partial charge on any atom is 0.327 e. The van der Waals surface area contributed by atoms with Crippen LogP contribution in [0.15, 0.2) is 59.6 Å². The van der Waals surface area contributed by atoms with Crippen LogP contribution in [-0.4, -0.2) is 296 Å². The van der Waals surface area contributed by atoms with Gasteiger partial charge in [0.15, 0.2) is 0 Å². The van der Waals surface area contributed by atoms with Crippen molar-refractivity contribution in [3.8, 4) is 5.75 Å². The molecule has 21 amide bonds. The number of thioether (sulfide) groups is 1. The number of amides is 21. The van der Waals surface area contributed by atoms with E-state index in [2.05, 4.69) is 112 Å². The predicted octanol–water partition coefficient (Wildman–Crippen LogP) is -3.11. The fourth-order valence-electron chi connectivity index (χ4n) is 15.3. The molecule has 830 valence electrons. The molecule has 52 heteroatoms. The van der Waals surface area contributed by atoms with Crippen LogP contribution in [0.4, 0.5) is 0 Å². The predicted molar refractivity (Wildman–Crippen MR) is 554 cm³/mol. The van der Waals surface area contributed by atoms with E-state index in [1.54, 1.807) is 83.1 Å². The number of hydrogen-bond donors (Lipinski definition) is 26. The number of phenolic OH excluding ortho intramolecular Hbond substituents is 1. The molecule has 3 saturated heterocycles. The van der Waals surface area contributed by atoms with Gasteiger partial charge in [-0.15, -0.1) is 0 Å². The van der Waals surface area contributed by atoms with Gasteiger partial charge in [-0.05, 0) is 133 Å². The maximum atomic E-state index is 16.3. The van der Waals surface area contributed by atoms with E-state index in [1.165, 1.54) is 97.9 Å². The van der Waals surface area contributed by atoms with Gasteiger partial charge in [0.1, 0.15) is 125 Å². The summed E-state index contributed by atoms with van der Waals surface area (Å²) in [5, 5.41) is 84.3. The number of rotatable bonds is 45. The van der Waals surface area contributed by atoms with E-state index < -0.39 is 339 Å². The number of fused-ring (bicyclic) bond motifs is 4. The van der Waals surface area contributed by atoms with Gasteiger partial charge in [0, 0.05) is 35.9 Å². The smallest absolute Gasteiger partial charge is 0.327 e. The Morgan fingerprint density at radius 1 is 0.463 bits per heavy atom. The number of carbonyl (C=O) groups is 23. The maximum absolute atomic E-state index is 16.3.